The van der Waals surface area contributed by atoms with Crippen LogP contribution in [0.2, 0.25) is 0 Å². The Labute approximate surface area is 129 Å². The molecule has 0 radical (unpaired) electrons. The first-order valence-corrected chi connectivity index (χ1v) is 6.71. The van der Waals surface area contributed by atoms with Crippen molar-refractivity contribution in [3.05, 3.63) is 33.1 Å². The number of nitrogens with zero attached hydrogens (tertiary/aromatic N) is 1. The number of aromatic nitrogens is 2. The minimum Gasteiger partial charge on any atom is -0.463 e. The molecule has 1 aromatic rings. The smallest absolute Gasteiger partial charge is 0.330 e. The second-order valence-corrected chi connectivity index (χ2v) is 4.90. The Balaban J connectivity index is 2.27. The van der Waals surface area contributed by atoms with Gasteiger partial charge in [0.1, 0.15) is 12.7 Å². The Bertz CT molecular complexity index is 713. The highest BCUT2D eigenvalue weighted by Crippen LogP contribution is 2.33. The molecule has 0 aromatic carbocycles. The van der Waals surface area contributed by atoms with Crippen LogP contribution >= 0.6 is 0 Å². The fourth-order valence-electron chi connectivity index (χ4n) is 2.21. The van der Waals surface area contributed by atoms with Crippen molar-refractivity contribution in [1.29, 1.82) is 0 Å². The molecule has 0 bridgehead atoms. The van der Waals surface area contributed by atoms with Crippen LogP contribution in [-0.4, -0.2) is 46.5 Å². The van der Waals surface area contributed by atoms with Gasteiger partial charge in [-0.2, -0.15) is 0 Å². The fourth-order valence-corrected chi connectivity index (χ4v) is 2.21. The van der Waals surface area contributed by atoms with Crippen molar-refractivity contribution in [2.24, 2.45) is 0 Å². The Kier molecular flexibility index (Phi) is 4.94. The predicted molar refractivity (Wildman–Crippen MR) is 72.3 cm³/mol. The summed E-state index contributed by atoms with van der Waals surface area (Å²) < 4.78 is 30.4. The largest absolute Gasteiger partial charge is 0.463 e. The summed E-state index contributed by atoms with van der Waals surface area (Å²) in [4.78, 5) is 46.8. The van der Waals surface area contributed by atoms with Crippen LogP contribution in [0.25, 0.3) is 0 Å². The molecule has 1 aliphatic heterocycles. The Morgan fingerprint density at radius 3 is 2.61 bits per heavy atom. The highest BCUT2D eigenvalue weighted by Gasteiger charge is 2.49. The van der Waals surface area contributed by atoms with Crippen LogP contribution in [0.4, 0.5) is 4.39 Å². The van der Waals surface area contributed by atoms with Crippen LogP contribution in [-0.2, 0) is 23.8 Å². The second kappa shape index (κ2) is 6.73. The third-order valence-electron chi connectivity index (χ3n) is 3.15. The van der Waals surface area contributed by atoms with Gasteiger partial charge >= 0.3 is 17.6 Å². The van der Waals surface area contributed by atoms with Gasteiger partial charge in [-0.25, -0.2) is 9.18 Å². The van der Waals surface area contributed by atoms with E-state index in [1.165, 1.54) is 0 Å². The summed E-state index contributed by atoms with van der Waals surface area (Å²) in [5.41, 5.74) is -1.52. The number of esters is 2. The molecule has 0 unspecified atom stereocenters. The lowest BCUT2D eigenvalue weighted by atomic mass is 10.1. The van der Waals surface area contributed by atoms with E-state index in [1.807, 2.05) is 4.98 Å². The number of alkyl halides is 1. The van der Waals surface area contributed by atoms with Gasteiger partial charge < -0.3 is 14.2 Å². The normalized spacial score (nSPS) is 26.7. The van der Waals surface area contributed by atoms with Crippen molar-refractivity contribution in [2.75, 3.05) is 6.61 Å². The van der Waals surface area contributed by atoms with Crippen molar-refractivity contribution >= 4 is 11.9 Å². The maximum atomic E-state index is 14.6. The molecule has 1 aromatic heterocycles. The van der Waals surface area contributed by atoms with Crippen LogP contribution in [0.15, 0.2) is 21.9 Å². The number of hydrogen-bond donors (Lipinski definition) is 1. The molecule has 23 heavy (non-hydrogen) atoms. The maximum Gasteiger partial charge on any atom is 0.330 e. The average Bonchev–Trinajstić information content (AvgIpc) is 2.73. The van der Waals surface area contributed by atoms with Crippen molar-refractivity contribution < 1.29 is 28.2 Å². The summed E-state index contributed by atoms with van der Waals surface area (Å²) in [5, 5.41) is 0. The SMILES string of the molecule is CC(=O)OC[C@@H]1O[C@H](n2ccc(=O)[nH]c2=O)[C@H](F)[C@H]1OC(C)=O. The number of rotatable bonds is 4. The molecule has 2 heterocycles. The van der Waals surface area contributed by atoms with Crippen LogP contribution in [0.5, 0.6) is 0 Å². The number of carbonyl (C=O) groups excluding carboxylic acids is 2. The summed E-state index contributed by atoms with van der Waals surface area (Å²) in [7, 11) is 0. The van der Waals surface area contributed by atoms with Crippen LogP contribution < -0.4 is 11.2 Å². The molecule has 0 aliphatic carbocycles. The van der Waals surface area contributed by atoms with E-state index in [9.17, 15) is 23.6 Å². The first-order chi connectivity index (χ1) is 10.8. The molecule has 126 valence electrons. The van der Waals surface area contributed by atoms with Crippen LogP contribution in [0.3, 0.4) is 0 Å². The van der Waals surface area contributed by atoms with Gasteiger partial charge in [0.15, 0.2) is 18.5 Å². The first kappa shape index (κ1) is 16.9. The molecule has 1 N–H and O–H groups in total. The van der Waals surface area contributed by atoms with Crippen molar-refractivity contribution in [1.82, 2.24) is 9.55 Å². The summed E-state index contributed by atoms with van der Waals surface area (Å²) in [5.74, 6) is -1.36. The molecular formula is C13H15FN2O7. The molecule has 1 aliphatic rings. The standard InChI is InChI=1S/C13H15FN2O7/c1-6(17)21-5-8-11(22-7(2)18)10(14)12(23-8)16-4-3-9(19)15-13(16)20/h3-4,8,10-12H,5H2,1-2H3,(H,15,19,20)/t8-,10+,11-,12-/m0/s1. The Hall–Kier alpha value is -2.49. The monoisotopic (exact) mass is 330 g/mol. The van der Waals surface area contributed by atoms with E-state index < -0.39 is 47.8 Å². The Morgan fingerprint density at radius 2 is 2.04 bits per heavy atom. The summed E-state index contributed by atoms with van der Waals surface area (Å²) >= 11 is 0. The van der Waals surface area contributed by atoms with Gasteiger partial charge in [0.25, 0.3) is 5.56 Å². The van der Waals surface area contributed by atoms with Gasteiger partial charge in [0.2, 0.25) is 0 Å². The van der Waals surface area contributed by atoms with E-state index in [0.717, 1.165) is 30.7 Å². The topological polar surface area (TPSA) is 117 Å². The molecule has 1 saturated heterocycles. The predicted octanol–water partition coefficient (Wildman–Crippen LogP) is -0.733. The summed E-state index contributed by atoms with van der Waals surface area (Å²) in [6.45, 7) is 1.91. The minimum absolute atomic E-state index is 0.345. The van der Waals surface area contributed by atoms with E-state index in [0.29, 0.717) is 0 Å². The van der Waals surface area contributed by atoms with Crippen molar-refractivity contribution in [3.63, 3.8) is 0 Å². The molecule has 10 heteroatoms. The first-order valence-electron chi connectivity index (χ1n) is 6.71. The van der Waals surface area contributed by atoms with Gasteiger partial charge in [-0.05, 0) is 0 Å². The molecule has 0 saturated carbocycles. The van der Waals surface area contributed by atoms with E-state index in [1.54, 1.807) is 0 Å². The lowest BCUT2D eigenvalue weighted by Gasteiger charge is -2.18. The lowest BCUT2D eigenvalue weighted by molar-refractivity contribution is -0.156. The third-order valence-corrected chi connectivity index (χ3v) is 3.15. The number of hydrogen-bond acceptors (Lipinski definition) is 7. The molecule has 0 spiro atoms. The van der Waals surface area contributed by atoms with Crippen molar-refractivity contribution in [3.8, 4) is 0 Å². The molecule has 9 nitrogen and oxygen atoms in total. The van der Waals surface area contributed by atoms with Gasteiger partial charge in [-0.3, -0.25) is 23.9 Å². The van der Waals surface area contributed by atoms with Crippen LogP contribution in [0, 0.1) is 0 Å². The van der Waals surface area contributed by atoms with E-state index in [4.69, 9.17) is 14.2 Å². The minimum atomic E-state index is -1.89. The third kappa shape index (κ3) is 3.83. The summed E-state index contributed by atoms with van der Waals surface area (Å²) in [6, 6.07) is 1.03. The van der Waals surface area contributed by atoms with Gasteiger partial charge in [-0.1, -0.05) is 0 Å². The Morgan fingerprint density at radius 1 is 1.35 bits per heavy atom. The highest BCUT2D eigenvalue weighted by atomic mass is 19.1. The quantitative estimate of drug-likeness (QED) is 0.723. The van der Waals surface area contributed by atoms with Gasteiger partial charge in [0.05, 0.1) is 0 Å². The van der Waals surface area contributed by atoms with Gasteiger partial charge in [0, 0.05) is 26.1 Å². The molecular weight excluding hydrogens is 315 g/mol. The number of aromatic amines is 1. The maximum absolute atomic E-state index is 14.6. The number of H-pyrrole nitrogens is 1. The highest BCUT2D eigenvalue weighted by molar-refractivity contribution is 5.66. The molecule has 0 amide bonds. The summed E-state index contributed by atoms with van der Waals surface area (Å²) in [6.07, 6.45) is -4.68. The average molecular weight is 330 g/mol. The number of carbonyl (C=O) groups is 2. The molecule has 4 atom stereocenters. The number of ether oxygens (including phenoxy) is 3. The molecule has 2 rings (SSSR count). The zero-order valence-electron chi connectivity index (χ0n) is 12.4. The zero-order valence-corrected chi connectivity index (χ0v) is 12.4. The van der Waals surface area contributed by atoms with Crippen molar-refractivity contribution in [2.45, 2.75) is 38.5 Å². The number of halogens is 1. The van der Waals surface area contributed by atoms with Gasteiger partial charge in [-0.15, -0.1) is 0 Å². The number of nitrogens with one attached hydrogen (secondary N) is 1. The lowest BCUT2D eigenvalue weighted by Crippen LogP contribution is -2.37. The van der Waals surface area contributed by atoms with Crippen LogP contribution in [0.1, 0.15) is 20.1 Å². The van der Waals surface area contributed by atoms with E-state index >= 15 is 0 Å². The van der Waals surface area contributed by atoms with E-state index in [-0.39, 0.29) is 6.61 Å². The zero-order chi connectivity index (χ0) is 17.1. The molecule has 1 fully saturated rings. The second-order valence-electron chi connectivity index (χ2n) is 4.90. The van der Waals surface area contributed by atoms with E-state index in [2.05, 4.69) is 0 Å². The fraction of sp³-hybridized carbons (Fsp3) is 0.538.